The molecular formula is C27H44O2. The summed E-state index contributed by atoms with van der Waals surface area (Å²) in [6.45, 7) is 19.4. The van der Waals surface area contributed by atoms with Crippen LogP contribution in [0.15, 0.2) is 36.9 Å². The lowest BCUT2D eigenvalue weighted by Crippen LogP contribution is -2.18. The van der Waals surface area contributed by atoms with Gasteiger partial charge in [-0.15, -0.1) is 6.58 Å². The molecule has 2 nitrogen and oxygen atoms in total. The van der Waals surface area contributed by atoms with Gasteiger partial charge in [0.1, 0.15) is 5.75 Å². The van der Waals surface area contributed by atoms with Crippen LogP contribution < -0.4 is 0 Å². The van der Waals surface area contributed by atoms with Gasteiger partial charge in [0.2, 0.25) is 0 Å². The van der Waals surface area contributed by atoms with E-state index in [-0.39, 0.29) is 11.5 Å². The molecule has 2 rings (SSSR count). The van der Waals surface area contributed by atoms with Crippen molar-refractivity contribution in [1.82, 2.24) is 0 Å². The first-order chi connectivity index (χ1) is 13.7. The maximum Gasteiger partial charge on any atom is 0.160 e. The second-order valence-electron chi connectivity index (χ2n) is 8.35. The zero-order chi connectivity index (χ0) is 22.4. The van der Waals surface area contributed by atoms with E-state index >= 15 is 0 Å². The average molecular weight is 401 g/mol. The van der Waals surface area contributed by atoms with E-state index in [1.54, 1.807) is 25.1 Å². The van der Waals surface area contributed by atoms with Crippen LogP contribution >= 0.6 is 0 Å². The van der Waals surface area contributed by atoms with Gasteiger partial charge in [0.25, 0.3) is 0 Å². The molecule has 1 aromatic carbocycles. The predicted octanol–water partition coefficient (Wildman–Crippen LogP) is 8.60. The molecule has 0 saturated heterocycles. The van der Waals surface area contributed by atoms with Crippen LogP contribution in [0.3, 0.4) is 0 Å². The van der Waals surface area contributed by atoms with Crippen molar-refractivity contribution in [2.45, 2.75) is 92.9 Å². The van der Waals surface area contributed by atoms with Gasteiger partial charge in [0.05, 0.1) is 0 Å². The Morgan fingerprint density at radius 2 is 1.59 bits per heavy atom. The highest BCUT2D eigenvalue weighted by Crippen LogP contribution is 2.34. The van der Waals surface area contributed by atoms with E-state index in [1.807, 2.05) is 6.92 Å². The summed E-state index contributed by atoms with van der Waals surface area (Å²) in [6, 6.07) is 4.89. The summed E-state index contributed by atoms with van der Waals surface area (Å²) in [6.07, 6.45) is 11.4. The van der Waals surface area contributed by atoms with E-state index in [1.165, 1.54) is 57.4 Å². The van der Waals surface area contributed by atoms with Crippen LogP contribution in [-0.4, -0.2) is 10.9 Å². The number of ketones is 1. The molecule has 164 valence electrons. The molecular weight excluding hydrogens is 356 g/mol. The monoisotopic (exact) mass is 400 g/mol. The first-order valence-electron chi connectivity index (χ1n) is 11.3. The lowest BCUT2D eigenvalue weighted by molar-refractivity contribution is 0.101. The van der Waals surface area contributed by atoms with E-state index in [4.69, 9.17) is 0 Å². The van der Waals surface area contributed by atoms with Crippen molar-refractivity contribution in [1.29, 1.82) is 0 Å². The third-order valence-electron chi connectivity index (χ3n) is 5.70. The van der Waals surface area contributed by atoms with Crippen LogP contribution in [0, 0.1) is 11.8 Å². The van der Waals surface area contributed by atoms with E-state index in [0.717, 1.165) is 18.3 Å². The number of Topliss-reactive ketones (excluding diaryl/α,β-unsaturated/α-hetero) is 1. The highest BCUT2D eigenvalue weighted by molar-refractivity contribution is 5.99. The highest BCUT2D eigenvalue weighted by Gasteiger charge is 2.22. The molecule has 0 heterocycles. The molecule has 1 aromatic rings. The maximum atomic E-state index is 11.2. The van der Waals surface area contributed by atoms with Gasteiger partial charge in [-0.05, 0) is 50.7 Å². The number of carbonyl (C=O) groups excluding carboxylic acids is 1. The van der Waals surface area contributed by atoms with Crippen LogP contribution in [-0.2, 0) is 0 Å². The zero-order valence-electron chi connectivity index (χ0n) is 19.8. The van der Waals surface area contributed by atoms with Gasteiger partial charge in [-0.2, -0.15) is 0 Å². The van der Waals surface area contributed by atoms with Crippen LogP contribution in [0.25, 0.3) is 5.57 Å². The summed E-state index contributed by atoms with van der Waals surface area (Å²) in [4.78, 5) is 11.2. The minimum absolute atomic E-state index is 0.0612. The molecule has 1 aliphatic rings. The van der Waals surface area contributed by atoms with Crippen molar-refractivity contribution in [3.05, 3.63) is 48.1 Å². The Bertz CT molecular complexity index is 640. The minimum atomic E-state index is -0.0612. The van der Waals surface area contributed by atoms with Gasteiger partial charge in [-0.3, -0.25) is 4.79 Å². The van der Waals surface area contributed by atoms with Gasteiger partial charge >= 0.3 is 0 Å². The fraction of sp³-hybridized carbons (Fsp3) is 0.593. The van der Waals surface area contributed by atoms with Gasteiger partial charge in [0, 0.05) is 11.1 Å². The topological polar surface area (TPSA) is 37.3 Å². The molecule has 1 N–H and O–H groups in total. The Hall–Kier alpha value is -1.83. The maximum absolute atomic E-state index is 11.2. The zero-order valence-corrected chi connectivity index (χ0v) is 19.8. The molecule has 0 spiro atoms. The smallest absolute Gasteiger partial charge is 0.160 e. The number of hydrogen-bond donors (Lipinski definition) is 1. The molecule has 1 fully saturated rings. The van der Waals surface area contributed by atoms with E-state index < -0.39 is 0 Å². The van der Waals surface area contributed by atoms with Crippen molar-refractivity contribution in [3.8, 4) is 5.75 Å². The first-order valence-corrected chi connectivity index (χ1v) is 11.3. The number of carbonyl (C=O) groups is 1. The van der Waals surface area contributed by atoms with E-state index in [0.29, 0.717) is 16.7 Å². The van der Waals surface area contributed by atoms with Crippen molar-refractivity contribution < 1.29 is 9.90 Å². The fourth-order valence-corrected chi connectivity index (χ4v) is 3.85. The quantitative estimate of drug-likeness (QED) is 0.383. The Morgan fingerprint density at radius 3 is 1.97 bits per heavy atom. The molecule has 0 aromatic heterocycles. The number of hydrogen-bond acceptors (Lipinski definition) is 2. The Morgan fingerprint density at radius 1 is 1.03 bits per heavy atom. The summed E-state index contributed by atoms with van der Waals surface area (Å²) >= 11 is 0. The lowest BCUT2D eigenvalue weighted by Gasteiger charge is -2.30. The molecule has 0 bridgehead atoms. The summed E-state index contributed by atoms with van der Waals surface area (Å²) in [5.41, 5.74) is 3.02. The first kappa shape index (κ1) is 27.2. The predicted molar refractivity (Wildman–Crippen MR) is 129 cm³/mol. The number of rotatable bonds is 6. The van der Waals surface area contributed by atoms with E-state index in [9.17, 15) is 9.90 Å². The number of benzene rings is 1. The van der Waals surface area contributed by atoms with Crippen LogP contribution in [0.1, 0.15) is 109 Å². The molecule has 29 heavy (non-hydrogen) atoms. The normalized spacial score (nSPS) is 17.9. The van der Waals surface area contributed by atoms with Crippen molar-refractivity contribution in [2.24, 2.45) is 11.8 Å². The van der Waals surface area contributed by atoms with Gasteiger partial charge in [0.15, 0.2) is 5.78 Å². The third-order valence-corrected chi connectivity index (χ3v) is 5.70. The minimum Gasteiger partial charge on any atom is -0.507 e. The fourth-order valence-electron chi connectivity index (χ4n) is 3.85. The van der Waals surface area contributed by atoms with E-state index in [2.05, 4.69) is 33.9 Å². The molecule has 0 radical (unpaired) electrons. The van der Waals surface area contributed by atoms with Crippen LogP contribution in [0.4, 0.5) is 0 Å². The molecule has 0 amide bonds. The SMILES string of the molecule is C=C(C)CC.C=C(C)c1c(O)cccc1C(C)=O.CCCC1CCCCC1CC. The second-order valence-corrected chi connectivity index (χ2v) is 8.35. The average Bonchev–Trinajstić information content (AvgIpc) is 2.69. The second kappa shape index (κ2) is 15.1. The molecule has 0 aliphatic heterocycles. The van der Waals surface area contributed by atoms with Crippen molar-refractivity contribution in [2.75, 3.05) is 0 Å². The summed E-state index contributed by atoms with van der Waals surface area (Å²) in [5.74, 6) is 2.21. The Balaban J connectivity index is 0.000000445. The largest absolute Gasteiger partial charge is 0.507 e. The van der Waals surface area contributed by atoms with Crippen LogP contribution in [0.5, 0.6) is 5.75 Å². The van der Waals surface area contributed by atoms with Gasteiger partial charge < -0.3 is 5.11 Å². The molecule has 1 saturated carbocycles. The number of aromatic hydroxyl groups is 1. The Kier molecular flexibility index (Phi) is 14.1. The summed E-state index contributed by atoms with van der Waals surface area (Å²) in [7, 11) is 0. The molecule has 2 heteroatoms. The lowest BCUT2D eigenvalue weighted by atomic mass is 9.76. The Labute approximate surface area is 180 Å². The third kappa shape index (κ3) is 10.5. The molecule has 2 atom stereocenters. The summed E-state index contributed by atoms with van der Waals surface area (Å²) < 4.78 is 0. The van der Waals surface area contributed by atoms with Gasteiger partial charge in [-0.1, -0.05) is 90.0 Å². The van der Waals surface area contributed by atoms with Gasteiger partial charge in [-0.25, -0.2) is 0 Å². The molecule has 1 aliphatic carbocycles. The standard InChI is InChI=1S/C11H12O2.C11H22.C5H10/c1-7(2)11-9(8(3)12)5-4-6-10(11)13;1-3-7-11-9-6-5-8-10(11)4-2;1-4-5(2)3/h4-6,13H,1H2,2-3H3;10-11H,3-9H2,1-2H3;2,4H2,1,3H3. The number of phenolic OH excluding ortho intramolecular Hbond substituents is 1. The summed E-state index contributed by atoms with van der Waals surface area (Å²) in [5, 5.41) is 9.50. The number of allylic oxidation sites excluding steroid dienone is 2. The van der Waals surface area contributed by atoms with Crippen molar-refractivity contribution in [3.63, 3.8) is 0 Å². The molecule has 2 unspecified atom stereocenters. The van der Waals surface area contributed by atoms with Crippen molar-refractivity contribution >= 4 is 11.4 Å². The number of phenols is 1. The van der Waals surface area contributed by atoms with Crippen LogP contribution in [0.2, 0.25) is 0 Å². The highest BCUT2D eigenvalue weighted by atomic mass is 16.3.